The third-order valence-electron chi connectivity index (χ3n) is 2.55. The Morgan fingerprint density at radius 3 is 3.00 bits per heavy atom. The fraction of sp³-hybridized carbons (Fsp3) is 0.600. The summed E-state index contributed by atoms with van der Waals surface area (Å²) in [5.74, 6) is 0.0707. The number of carbonyl (C=O) groups excluding carboxylic acids is 1. The van der Waals surface area contributed by atoms with Crippen LogP contribution in [0.25, 0.3) is 0 Å². The van der Waals surface area contributed by atoms with Crippen molar-refractivity contribution in [2.24, 2.45) is 0 Å². The van der Waals surface area contributed by atoms with Crippen LogP contribution >= 0.6 is 11.3 Å². The van der Waals surface area contributed by atoms with Gasteiger partial charge in [0.2, 0.25) is 0 Å². The standard InChI is InChI=1S/C10H15N3OS/c1-8(14)10-9(15-7-12-10)6-13-4-2-11-3-5-13/h7,11H,2-6H2,1H3. The fourth-order valence-electron chi connectivity index (χ4n) is 1.74. The van der Waals surface area contributed by atoms with E-state index >= 15 is 0 Å². The highest BCUT2D eigenvalue weighted by molar-refractivity contribution is 7.09. The summed E-state index contributed by atoms with van der Waals surface area (Å²) in [4.78, 5) is 18.8. The molecule has 0 spiro atoms. The summed E-state index contributed by atoms with van der Waals surface area (Å²) < 4.78 is 0. The molecule has 1 aromatic rings. The highest BCUT2D eigenvalue weighted by atomic mass is 32.1. The number of aromatic nitrogens is 1. The van der Waals surface area contributed by atoms with Crippen molar-refractivity contribution in [2.45, 2.75) is 13.5 Å². The molecule has 1 saturated heterocycles. The molecule has 2 rings (SSSR count). The van der Waals surface area contributed by atoms with Crippen LogP contribution in [-0.2, 0) is 6.54 Å². The second-order valence-electron chi connectivity index (χ2n) is 3.71. The molecular formula is C10H15N3OS. The number of thiazole rings is 1. The molecular weight excluding hydrogens is 210 g/mol. The molecule has 0 radical (unpaired) electrons. The minimum Gasteiger partial charge on any atom is -0.314 e. The van der Waals surface area contributed by atoms with E-state index < -0.39 is 0 Å². The van der Waals surface area contributed by atoms with Gasteiger partial charge in [-0.25, -0.2) is 4.98 Å². The minimum atomic E-state index is 0.0707. The van der Waals surface area contributed by atoms with Crippen molar-refractivity contribution in [2.75, 3.05) is 26.2 Å². The molecule has 0 unspecified atom stereocenters. The third kappa shape index (κ3) is 2.62. The Bertz CT molecular complexity index is 344. The number of Topliss-reactive ketones (excluding diaryl/α,β-unsaturated/α-hetero) is 1. The summed E-state index contributed by atoms with van der Waals surface area (Å²) >= 11 is 1.58. The molecule has 1 N–H and O–H groups in total. The molecule has 0 aliphatic carbocycles. The minimum absolute atomic E-state index is 0.0707. The molecule has 15 heavy (non-hydrogen) atoms. The van der Waals surface area contributed by atoms with Gasteiger partial charge < -0.3 is 5.32 Å². The molecule has 0 aromatic carbocycles. The van der Waals surface area contributed by atoms with Gasteiger partial charge in [-0.15, -0.1) is 11.3 Å². The van der Waals surface area contributed by atoms with Crippen LogP contribution < -0.4 is 5.32 Å². The first-order valence-electron chi connectivity index (χ1n) is 5.14. The lowest BCUT2D eigenvalue weighted by Crippen LogP contribution is -2.42. The van der Waals surface area contributed by atoms with Gasteiger partial charge in [-0.1, -0.05) is 0 Å². The molecule has 1 aliphatic rings. The van der Waals surface area contributed by atoms with Crippen molar-refractivity contribution < 1.29 is 4.79 Å². The average Bonchev–Trinajstić information content (AvgIpc) is 2.67. The largest absolute Gasteiger partial charge is 0.314 e. The van der Waals surface area contributed by atoms with Crippen LogP contribution in [-0.4, -0.2) is 41.8 Å². The normalized spacial score (nSPS) is 17.9. The first kappa shape index (κ1) is 10.7. The summed E-state index contributed by atoms with van der Waals surface area (Å²) in [6.45, 7) is 6.62. The first-order chi connectivity index (χ1) is 7.27. The number of carbonyl (C=O) groups is 1. The van der Waals surface area contributed by atoms with E-state index in [1.54, 1.807) is 23.8 Å². The predicted molar refractivity (Wildman–Crippen MR) is 60.3 cm³/mol. The Balaban J connectivity index is 2.03. The average molecular weight is 225 g/mol. The van der Waals surface area contributed by atoms with E-state index in [0.717, 1.165) is 37.6 Å². The van der Waals surface area contributed by atoms with E-state index in [4.69, 9.17) is 0 Å². The molecule has 1 fully saturated rings. The lowest BCUT2D eigenvalue weighted by Gasteiger charge is -2.26. The van der Waals surface area contributed by atoms with Gasteiger partial charge in [-0.05, 0) is 0 Å². The fourth-order valence-corrected chi connectivity index (χ4v) is 2.59. The molecule has 0 bridgehead atoms. The summed E-state index contributed by atoms with van der Waals surface area (Å²) in [5, 5.41) is 3.31. The zero-order valence-corrected chi connectivity index (χ0v) is 9.64. The van der Waals surface area contributed by atoms with Crippen molar-refractivity contribution in [1.82, 2.24) is 15.2 Å². The Hall–Kier alpha value is -0.780. The van der Waals surface area contributed by atoms with E-state index in [-0.39, 0.29) is 5.78 Å². The number of rotatable bonds is 3. The zero-order valence-electron chi connectivity index (χ0n) is 8.82. The molecule has 1 aliphatic heterocycles. The van der Waals surface area contributed by atoms with E-state index in [0.29, 0.717) is 5.69 Å². The van der Waals surface area contributed by atoms with Gasteiger partial charge in [-0.3, -0.25) is 9.69 Å². The molecule has 5 heteroatoms. The maximum absolute atomic E-state index is 11.3. The predicted octanol–water partition coefficient (Wildman–Crippen LogP) is 0.751. The van der Waals surface area contributed by atoms with E-state index in [1.165, 1.54) is 0 Å². The van der Waals surface area contributed by atoms with Gasteiger partial charge in [0, 0.05) is 44.5 Å². The van der Waals surface area contributed by atoms with Crippen LogP contribution in [0.5, 0.6) is 0 Å². The van der Waals surface area contributed by atoms with Crippen LogP contribution in [0.1, 0.15) is 22.3 Å². The summed E-state index contributed by atoms with van der Waals surface area (Å²) in [5.41, 5.74) is 2.41. The maximum Gasteiger partial charge on any atom is 0.179 e. The molecule has 2 heterocycles. The lowest BCUT2D eigenvalue weighted by molar-refractivity contribution is 0.101. The first-order valence-corrected chi connectivity index (χ1v) is 6.01. The number of hydrogen-bond donors (Lipinski definition) is 1. The lowest BCUT2D eigenvalue weighted by atomic mass is 10.2. The topological polar surface area (TPSA) is 45.2 Å². The van der Waals surface area contributed by atoms with Crippen LogP contribution in [0.2, 0.25) is 0 Å². The van der Waals surface area contributed by atoms with Gasteiger partial charge in [0.15, 0.2) is 5.78 Å². The molecule has 0 atom stereocenters. The quantitative estimate of drug-likeness (QED) is 0.771. The highest BCUT2D eigenvalue weighted by Gasteiger charge is 2.15. The Morgan fingerprint density at radius 1 is 1.60 bits per heavy atom. The van der Waals surface area contributed by atoms with Crippen molar-refractivity contribution in [3.63, 3.8) is 0 Å². The van der Waals surface area contributed by atoms with E-state index in [2.05, 4.69) is 15.2 Å². The van der Waals surface area contributed by atoms with Gasteiger partial charge >= 0.3 is 0 Å². The number of hydrogen-bond acceptors (Lipinski definition) is 5. The highest BCUT2D eigenvalue weighted by Crippen LogP contribution is 2.16. The van der Waals surface area contributed by atoms with E-state index in [9.17, 15) is 4.79 Å². The van der Waals surface area contributed by atoms with Crippen molar-refractivity contribution in [1.29, 1.82) is 0 Å². The molecule has 0 saturated carbocycles. The Kier molecular flexibility index (Phi) is 3.45. The van der Waals surface area contributed by atoms with E-state index in [1.807, 2.05) is 0 Å². The smallest absolute Gasteiger partial charge is 0.179 e. The number of piperazine rings is 1. The van der Waals surface area contributed by atoms with Gasteiger partial charge in [0.25, 0.3) is 0 Å². The van der Waals surface area contributed by atoms with Crippen molar-refractivity contribution >= 4 is 17.1 Å². The van der Waals surface area contributed by atoms with Crippen LogP contribution in [0.15, 0.2) is 5.51 Å². The van der Waals surface area contributed by atoms with Gasteiger partial charge in [0.05, 0.1) is 5.51 Å². The second kappa shape index (κ2) is 4.83. The molecule has 82 valence electrons. The Morgan fingerprint density at radius 2 is 2.33 bits per heavy atom. The third-order valence-corrected chi connectivity index (χ3v) is 3.37. The molecule has 4 nitrogen and oxygen atoms in total. The summed E-state index contributed by atoms with van der Waals surface area (Å²) in [6, 6.07) is 0. The SMILES string of the molecule is CC(=O)c1ncsc1CN1CCNCC1. The summed E-state index contributed by atoms with van der Waals surface area (Å²) in [6.07, 6.45) is 0. The van der Waals surface area contributed by atoms with Crippen molar-refractivity contribution in [3.05, 3.63) is 16.1 Å². The van der Waals surface area contributed by atoms with Gasteiger partial charge in [-0.2, -0.15) is 0 Å². The number of nitrogens with zero attached hydrogens (tertiary/aromatic N) is 2. The van der Waals surface area contributed by atoms with Crippen LogP contribution in [0.4, 0.5) is 0 Å². The summed E-state index contributed by atoms with van der Waals surface area (Å²) in [7, 11) is 0. The maximum atomic E-state index is 11.3. The number of ketones is 1. The molecule has 0 amide bonds. The molecule has 1 aromatic heterocycles. The van der Waals surface area contributed by atoms with Crippen LogP contribution in [0.3, 0.4) is 0 Å². The second-order valence-corrected chi connectivity index (χ2v) is 4.65. The van der Waals surface area contributed by atoms with Gasteiger partial charge in [0.1, 0.15) is 5.69 Å². The zero-order chi connectivity index (χ0) is 10.7. The monoisotopic (exact) mass is 225 g/mol. The number of nitrogens with one attached hydrogen (secondary N) is 1. The van der Waals surface area contributed by atoms with Crippen LogP contribution in [0, 0.1) is 0 Å². The van der Waals surface area contributed by atoms with Crippen molar-refractivity contribution in [3.8, 4) is 0 Å². The Labute approximate surface area is 93.3 Å².